The number of hydrogen-bond acceptors (Lipinski definition) is 1. The fraction of sp³-hybridized carbons (Fsp3) is 0.250. The van der Waals surface area contributed by atoms with Gasteiger partial charge in [-0.3, -0.25) is 0 Å². The van der Waals surface area contributed by atoms with Crippen molar-refractivity contribution in [2.45, 2.75) is 6.55 Å². The van der Waals surface area contributed by atoms with E-state index in [1.807, 2.05) is 0 Å². The first-order valence-corrected chi connectivity index (χ1v) is 3.78. The first-order valence-electron chi connectivity index (χ1n) is 1.75. The Balaban J connectivity index is 3.41. The molecule has 0 aromatic rings. The van der Waals surface area contributed by atoms with E-state index in [-0.39, 0.29) is 0 Å². The zero-order valence-electron chi connectivity index (χ0n) is 3.81. The highest BCUT2D eigenvalue weighted by molar-refractivity contribution is 6.59. The molecule has 0 rings (SSSR count). The van der Waals surface area contributed by atoms with Crippen LogP contribution in [0.1, 0.15) is 0 Å². The van der Waals surface area contributed by atoms with Crippen LogP contribution in [0.5, 0.6) is 0 Å². The topological polar surface area (TPSA) is 20.2 Å². The normalized spacial score (nSPS) is 11.2. The Bertz CT molecular complexity index is 71.6. The molecule has 0 bridgehead atoms. The zero-order valence-corrected chi connectivity index (χ0v) is 4.81. The Kier molecular flexibility index (Phi) is 2.67. The molecule has 1 N–H and O–H groups in total. The van der Waals surface area contributed by atoms with E-state index in [1.165, 1.54) is 0 Å². The molecule has 34 valence electrons. The lowest BCUT2D eigenvalue weighted by molar-refractivity contribution is 0.604. The van der Waals surface area contributed by atoms with Crippen molar-refractivity contribution < 1.29 is 4.80 Å². The monoisotopic (exact) mass is 100 g/mol. The Hall–Kier alpha value is -0.373. The highest BCUT2D eigenvalue weighted by Crippen LogP contribution is 1.54. The lowest BCUT2D eigenvalue weighted by atomic mass is 10.8. The van der Waals surface area contributed by atoms with Gasteiger partial charge < -0.3 is 4.80 Å². The summed E-state index contributed by atoms with van der Waals surface area (Å²) < 4.78 is 0. The third-order valence-corrected chi connectivity index (χ3v) is 1.08. The molecule has 0 amide bonds. The quantitative estimate of drug-likeness (QED) is 0.466. The molecule has 0 spiro atoms. The van der Waals surface area contributed by atoms with E-state index in [2.05, 4.69) is 6.58 Å². The van der Waals surface area contributed by atoms with Crippen molar-refractivity contribution in [3.63, 3.8) is 0 Å². The summed E-state index contributed by atoms with van der Waals surface area (Å²) in [5, 5.41) is 0. The molecule has 0 aromatic carbocycles. The molecule has 0 aromatic heterocycles. The van der Waals surface area contributed by atoms with Gasteiger partial charge in [0.05, 0.1) is 0 Å². The first kappa shape index (κ1) is 5.63. The Morgan fingerprint density at radius 1 is 1.83 bits per heavy atom. The molecule has 2 heteroatoms. The number of allylic oxidation sites excluding steroid dienone is 1. The molecule has 0 saturated heterocycles. The van der Waals surface area contributed by atoms with Gasteiger partial charge in [0.25, 0.3) is 0 Å². The van der Waals surface area contributed by atoms with Crippen LogP contribution in [0.15, 0.2) is 12.7 Å². The molecule has 1 nitrogen and oxygen atoms in total. The SMILES string of the molecule is C=C/C=[Si](/C)O. The Labute approximate surface area is 39.3 Å². The second-order valence-electron chi connectivity index (χ2n) is 1.04. The van der Waals surface area contributed by atoms with Crippen LogP contribution in [0, 0.1) is 0 Å². The van der Waals surface area contributed by atoms with Crippen LogP contribution in [-0.2, 0) is 0 Å². The maximum Gasteiger partial charge on any atom is 0.225 e. The fourth-order valence-electron chi connectivity index (χ4n) is 0.171. The third-order valence-electron chi connectivity index (χ3n) is 0.359. The van der Waals surface area contributed by atoms with Crippen LogP contribution in [0.4, 0.5) is 0 Å². The predicted molar refractivity (Wildman–Crippen MR) is 30.1 cm³/mol. The van der Waals surface area contributed by atoms with Crippen molar-refractivity contribution >= 4 is 14.3 Å². The van der Waals surface area contributed by atoms with E-state index in [4.69, 9.17) is 4.80 Å². The summed E-state index contributed by atoms with van der Waals surface area (Å²) in [7, 11) is -1.13. The molecule has 0 aliphatic heterocycles. The average Bonchev–Trinajstić information content (AvgIpc) is 1.35. The van der Waals surface area contributed by atoms with Crippen LogP contribution in [0.3, 0.4) is 0 Å². The lowest BCUT2D eigenvalue weighted by Crippen LogP contribution is -1.92. The largest absolute Gasteiger partial charge is 0.566 e. The number of hydrogen-bond donors (Lipinski definition) is 1. The van der Waals surface area contributed by atoms with Gasteiger partial charge in [0.1, 0.15) is 0 Å². The lowest BCUT2D eigenvalue weighted by Gasteiger charge is -1.73. The molecule has 0 radical (unpaired) electrons. The minimum atomic E-state index is -1.13. The van der Waals surface area contributed by atoms with E-state index in [1.54, 1.807) is 18.3 Å². The van der Waals surface area contributed by atoms with Crippen LogP contribution < -0.4 is 0 Å². The first-order chi connectivity index (χ1) is 2.77. The molecule has 0 fully saturated rings. The van der Waals surface area contributed by atoms with Crippen molar-refractivity contribution in [3.8, 4) is 0 Å². The summed E-state index contributed by atoms with van der Waals surface area (Å²) in [5.74, 6) is 0. The van der Waals surface area contributed by atoms with Crippen molar-refractivity contribution in [2.24, 2.45) is 0 Å². The summed E-state index contributed by atoms with van der Waals surface area (Å²) in [6.07, 6.45) is 1.62. The second-order valence-corrected chi connectivity index (χ2v) is 2.66. The summed E-state index contributed by atoms with van der Waals surface area (Å²) in [5.41, 5.74) is 1.71. The van der Waals surface area contributed by atoms with Crippen LogP contribution in [0.2, 0.25) is 6.55 Å². The van der Waals surface area contributed by atoms with Gasteiger partial charge in [0, 0.05) is 0 Å². The van der Waals surface area contributed by atoms with Crippen LogP contribution in [-0.4, -0.2) is 19.1 Å². The molecule has 0 heterocycles. The minimum Gasteiger partial charge on any atom is -0.566 e. The molecular formula is C4H8OSi. The molecule has 6 heavy (non-hydrogen) atoms. The van der Waals surface area contributed by atoms with E-state index in [9.17, 15) is 0 Å². The Morgan fingerprint density at radius 2 is 2.33 bits per heavy atom. The van der Waals surface area contributed by atoms with E-state index < -0.39 is 8.65 Å². The average molecular weight is 100 g/mol. The maximum absolute atomic E-state index is 8.53. The van der Waals surface area contributed by atoms with E-state index >= 15 is 0 Å². The van der Waals surface area contributed by atoms with Crippen molar-refractivity contribution in [1.29, 1.82) is 0 Å². The highest BCUT2D eigenvalue weighted by atomic mass is 28.3. The van der Waals surface area contributed by atoms with Crippen molar-refractivity contribution in [2.75, 3.05) is 0 Å². The van der Waals surface area contributed by atoms with Gasteiger partial charge in [-0.2, -0.15) is 0 Å². The van der Waals surface area contributed by atoms with Crippen LogP contribution >= 0.6 is 0 Å². The van der Waals surface area contributed by atoms with E-state index in [0.717, 1.165) is 0 Å². The van der Waals surface area contributed by atoms with Gasteiger partial charge in [0.2, 0.25) is 8.65 Å². The van der Waals surface area contributed by atoms with Gasteiger partial charge in [-0.25, -0.2) is 0 Å². The van der Waals surface area contributed by atoms with Gasteiger partial charge in [-0.15, -0.1) is 0 Å². The maximum atomic E-state index is 8.53. The zero-order chi connectivity index (χ0) is 4.99. The third kappa shape index (κ3) is 3.63. The summed E-state index contributed by atoms with van der Waals surface area (Å²) in [4.78, 5) is 8.53. The molecule has 0 unspecified atom stereocenters. The number of rotatable bonds is 1. The standard InChI is InChI=1S/C4H8OSi/c1-3-4-6(2)5/h3-5H,1H2,2H3/b6-4-. The molecular weight excluding hydrogens is 92.1 g/mol. The summed E-state index contributed by atoms with van der Waals surface area (Å²) in [6, 6.07) is 0. The van der Waals surface area contributed by atoms with Crippen molar-refractivity contribution in [3.05, 3.63) is 12.7 Å². The fourth-order valence-corrected chi connectivity index (χ4v) is 0.512. The summed E-state index contributed by atoms with van der Waals surface area (Å²) in [6.45, 7) is 5.19. The van der Waals surface area contributed by atoms with Gasteiger partial charge >= 0.3 is 0 Å². The second kappa shape index (κ2) is 2.84. The minimum absolute atomic E-state index is 1.13. The van der Waals surface area contributed by atoms with Gasteiger partial charge in [-0.05, 0) is 12.2 Å². The molecule has 0 atom stereocenters. The van der Waals surface area contributed by atoms with Crippen molar-refractivity contribution in [1.82, 2.24) is 0 Å². The smallest absolute Gasteiger partial charge is 0.225 e. The van der Waals surface area contributed by atoms with Gasteiger partial charge in [0.15, 0.2) is 0 Å². The highest BCUT2D eigenvalue weighted by Gasteiger charge is 1.71. The molecule has 0 aliphatic rings. The molecule has 0 saturated carbocycles. The van der Waals surface area contributed by atoms with Gasteiger partial charge in [-0.1, -0.05) is 12.7 Å². The Morgan fingerprint density at radius 3 is 2.33 bits per heavy atom. The van der Waals surface area contributed by atoms with E-state index in [0.29, 0.717) is 0 Å². The van der Waals surface area contributed by atoms with Crippen LogP contribution in [0.25, 0.3) is 0 Å². The predicted octanol–water partition coefficient (Wildman–Crippen LogP) is 0.170. The summed E-state index contributed by atoms with van der Waals surface area (Å²) >= 11 is 0. The molecule has 0 aliphatic carbocycles.